The molecule has 4 rings (SSSR count). The predicted molar refractivity (Wildman–Crippen MR) is 151 cm³/mol. The molecule has 1 amide bonds. The topological polar surface area (TPSA) is 103 Å². The summed E-state index contributed by atoms with van der Waals surface area (Å²) in [6.45, 7) is 6.17. The minimum Gasteiger partial charge on any atom is -0.493 e. The van der Waals surface area contributed by atoms with Gasteiger partial charge >= 0.3 is 0 Å². The van der Waals surface area contributed by atoms with Crippen LogP contribution < -0.4 is 20.1 Å². The van der Waals surface area contributed by atoms with Crippen molar-refractivity contribution in [3.8, 4) is 11.5 Å². The number of aryl methyl sites for hydroxylation is 1. The minimum absolute atomic E-state index is 0.0247. The number of non-ortho nitro benzene ring substituents is 1. The number of nitro benzene ring substituents is 1. The summed E-state index contributed by atoms with van der Waals surface area (Å²) < 4.78 is 11.7. The van der Waals surface area contributed by atoms with Gasteiger partial charge in [-0.05, 0) is 72.0 Å². The molecule has 1 aliphatic heterocycles. The highest BCUT2D eigenvalue weighted by atomic mass is 32.2. The van der Waals surface area contributed by atoms with Crippen molar-refractivity contribution in [1.29, 1.82) is 0 Å². The van der Waals surface area contributed by atoms with Gasteiger partial charge in [-0.2, -0.15) is 0 Å². The molecule has 196 valence electrons. The van der Waals surface area contributed by atoms with Gasteiger partial charge in [0, 0.05) is 23.4 Å². The molecular formula is C29H29N3O5S. The first-order valence-corrected chi connectivity index (χ1v) is 13.0. The molecule has 9 heteroatoms. The molecule has 1 aliphatic rings. The number of nitrogens with zero attached hydrogens (tertiary/aromatic N) is 1. The van der Waals surface area contributed by atoms with Crippen molar-refractivity contribution in [3.63, 3.8) is 0 Å². The van der Waals surface area contributed by atoms with Gasteiger partial charge < -0.3 is 20.1 Å². The number of nitrogens with one attached hydrogen (secondary N) is 2. The Labute approximate surface area is 225 Å². The van der Waals surface area contributed by atoms with Crippen molar-refractivity contribution in [2.75, 3.05) is 12.4 Å². The third-order valence-electron chi connectivity index (χ3n) is 5.96. The quantitative estimate of drug-likeness (QED) is 0.134. The summed E-state index contributed by atoms with van der Waals surface area (Å²) in [7, 11) is 1.56. The smallest absolute Gasteiger partial charge is 0.269 e. The Kier molecular flexibility index (Phi) is 8.70. The number of anilines is 1. The van der Waals surface area contributed by atoms with Crippen LogP contribution in [0.4, 0.5) is 11.4 Å². The van der Waals surface area contributed by atoms with Crippen LogP contribution in [0.2, 0.25) is 0 Å². The number of carbonyl (C=O) groups is 1. The zero-order valence-electron chi connectivity index (χ0n) is 21.2. The van der Waals surface area contributed by atoms with E-state index in [2.05, 4.69) is 36.3 Å². The fourth-order valence-corrected chi connectivity index (χ4v) is 4.95. The number of carbonyl (C=O) groups excluding carboxylic acids is 1. The number of benzene rings is 3. The minimum atomic E-state index is -0.437. The number of nitro groups is 1. The zero-order valence-corrected chi connectivity index (χ0v) is 22.0. The lowest BCUT2D eigenvalue weighted by Crippen LogP contribution is -2.30. The first-order chi connectivity index (χ1) is 18.4. The van der Waals surface area contributed by atoms with Crippen LogP contribution in [0.3, 0.4) is 0 Å². The Morgan fingerprint density at radius 1 is 1.13 bits per heavy atom. The molecule has 3 aromatic carbocycles. The Hall–Kier alpha value is -4.24. The molecule has 0 aromatic heterocycles. The van der Waals surface area contributed by atoms with E-state index in [9.17, 15) is 14.9 Å². The monoisotopic (exact) mass is 531 g/mol. The van der Waals surface area contributed by atoms with Gasteiger partial charge in [0.2, 0.25) is 0 Å². The second kappa shape index (κ2) is 12.3. The predicted octanol–water partition coefficient (Wildman–Crippen LogP) is 6.07. The molecule has 0 radical (unpaired) electrons. The summed E-state index contributed by atoms with van der Waals surface area (Å²) in [5.74, 6) is 0.930. The number of amides is 1. The van der Waals surface area contributed by atoms with Crippen molar-refractivity contribution in [1.82, 2.24) is 5.32 Å². The lowest BCUT2D eigenvalue weighted by molar-refractivity contribution is -0.384. The fraction of sp³-hybridized carbons (Fsp3) is 0.207. The number of rotatable bonds is 11. The molecule has 0 saturated carbocycles. The second-order valence-electron chi connectivity index (χ2n) is 8.59. The van der Waals surface area contributed by atoms with Crippen molar-refractivity contribution in [2.24, 2.45) is 0 Å². The van der Waals surface area contributed by atoms with Crippen LogP contribution in [0, 0.1) is 10.1 Å². The molecule has 1 fully saturated rings. The maximum atomic E-state index is 12.7. The molecule has 38 heavy (non-hydrogen) atoms. The average Bonchev–Trinajstić information content (AvgIpc) is 3.26. The van der Waals surface area contributed by atoms with Crippen molar-refractivity contribution >= 4 is 35.1 Å². The van der Waals surface area contributed by atoms with Crippen LogP contribution in [0.5, 0.6) is 11.5 Å². The Morgan fingerprint density at radius 3 is 2.47 bits per heavy atom. The van der Waals surface area contributed by atoms with Crippen LogP contribution in [0.15, 0.2) is 78.2 Å². The van der Waals surface area contributed by atoms with E-state index < -0.39 is 4.92 Å². The first-order valence-electron chi connectivity index (χ1n) is 12.1. The molecule has 1 heterocycles. The highest BCUT2D eigenvalue weighted by Crippen LogP contribution is 2.37. The SMILES string of the molecule is C=CCc1cc(/C=C2\S[C@H](Nc3ccc(CC)cc3)NC2=O)cc(OC)c1OCc1ccc([N+](=O)[O-])cc1. The summed E-state index contributed by atoms with van der Waals surface area (Å²) in [5, 5.41) is 17.2. The van der Waals surface area contributed by atoms with E-state index in [1.807, 2.05) is 30.3 Å². The normalized spacial score (nSPS) is 15.7. The summed E-state index contributed by atoms with van der Waals surface area (Å²) >= 11 is 1.42. The van der Waals surface area contributed by atoms with E-state index in [1.54, 1.807) is 25.3 Å². The van der Waals surface area contributed by atoms with E-state index in [4.69, 9.17) is 9.47 Å². The van der Waals surface area contributed by atoms with Gasteiger partial charge in [-0.15, -0.1) is 6.58 Å². The van der Waals surface area contributed by atoms with Crippen molar-refractivity contribution < 1.29 is 19.2 Å². The number of ether oxygens (including phenoxy) is 2. The Morgan fingerprint density at radius 2 is 1.84 bits per heavy atom. The molecule has 1 saturated heterocycles. The Bertz CT molecular complexity index is 1350. The average molecular weight is 532 g/mol. The van der Waals surface area contributed by atoms with Gasteiger partial charge in [0.05, 0.1) is 16.9 Å². The maximum Gasteiger partial charge on any atom is 0.269 e. The maximum absolute atomic E-state index is 12.7. The first kappa shape index (κ1) is 26.8. The van der Waals surface area contributed by atoms with Crippen LogP contribution in [0.25, 0.3) is 6.08 Å². The summed E-state index contributed by atoms with van der Waals surface area (Å²) in [6.07, 6.45) is 5.10. The van der Waals surface area contributed by atoms with E-state index in [0.717, 1.165) is 28.8 Å². The third kappa shape index (κ3) is 6.54. The van der Waals surface area contributed by atoms with E-state index in [0.29, 0.717) is 22.8 Å². The van der Waals surface area contributed by atoms with Crippen molar-refractivity contribution in [3.05, 3.63) is 111 Å². The largest absolute Gasteiger partial charge is 0.493 e. The lowest BCUT2D eigenvalue weighted by atomic mass is 10.0. The summed E-state index contributed by atoms with van der Waals surface area (Å²) in [6, 6.07) is 18.1. The highest BCUT2D eigenvalue weighted by molar-refractivity contribution is 8.05. The fourth-order valence-electron chi connectivity index (χ4n) is 3.96. The molecular weight excluding hydrogens is 502 g/mol. The van der Waals surface area contributed by atoms with E-state index in [1.165, 1.54) is 29.5 Å². The molecule has 3 aromatic rings. The summed E-state index contributed by atoms with van der Waals surface area (Å²) in [5.41, 5.74) is 4.37. The number of hydrogen-bond donors (Lipinski definition) is 2. The molecule has 0 unspecified atom stereocenters. The summed E-state index contributed by atoms with van der Waals surface area (Å²) in [4.78, 5) is 23.7. The van der Waals surface area contributed by atoms with Gasteiger partial charge in [0.25, 0.3) is 11.6 Å². The highest BCUT2D eigenvalue weighted by Gasteiger charge is 2.27. The lowest BCUT2D eigenvalue weighted by Gasteiger charge is -2.16. The molecule has 1 atom stereocenters. The van der Waals surface area contributed by atoms with E-state index in [-0.39, 0.29) is 23.7 Å². The van der Waals surface area contributed by atoms with Gasteiger partial charge in [-0.25, -0.2) is 0 Å². The number of allylic oxidation sites excluding steroid dienone is 1. The van der Waals surface area contributed by atoms with E-state index >= 15 is 0 Å². The molecule has 8 nitrogen and oxygen atoms in total. The van der Waals surface area contributed by atoms with Gasteiger partial charge in [0.1, 0.15) is 6.61 Å². The van der Waals surface area contributed by atoms with Crippen molar-refractivity contribution in [2.45, 2.75) is 31.9 Å². The molecule has 2 N–H and O–H groups in total. The Balaban J connectivity index is 1.51. The van der Waals surface area contributed by atoms with Gasteiger partial charge in [-0.1, -0.05) is 36.9 Å². The van der Waals surface area contributed by atoms with Crippen LogP contribution in [0.1, 0.15) is 29.2 Å². The van der Waals surface area contributed by atoms with Crippen LogP contribution >= 0.6 is 11.8 Å². The number of methoxy groups -OCH3 is 1. The number of thioether (sulfide) groups is 1. The standard InChI is InChI=1S/C29H29N3O5S/c1-4-6-22-15-21(16-25(36-3)27(22)37-18-20-9-13-24(14-10-20)32(34)35)17-26-28(33)31-29(38-26)30-23-11-7-19(5-2)8-12-23/h4,7-17,29-30H,1,5-6,18H2,2-3H3,(H,31,33)/b26-17-/t29-/m1/s1. The third-order valence-corrected chi connectivity index (χ3v) is 6.99. The molecule has 0 bridgehead atoms. The van der Waals surface area contributed by atoms with Gasteiger partial charge in [-0.3, -0.25) is 14.9 Å². The molecule has 0 aliphatic carbocycles. The second-order valence-corrected chi connectivity index (χ2v) is 9.74. The van der Waals surface area contributed by atoms with Gasteiger partial charge in [0.15, 0.2) is 17.0 Å². The van der Waals surface area contributed by atoms with Crippen LogP contribution in [-0.4, -0.2) is 23.4 Å². The van der Waals surface area contributed by atoms with Crippen LogP contribution in [-0.2, 0) is 24.2 Å². The zero-order chi connectivity index (χ0) is 27.1. The molecule has 0 spiro atoms. The number of hydrogen-bond acceptors (Lipinski definition) is 7.